The predicted octanol–water partition coefficient (Wildman–Crippen LogP) is 4.06. The van der Waals surface area contributed by atoms with Crippen LogP contribution in [-0.4, -0.2) is 18.5 Å². The fraction of sp³-hybridized carbons (Fsp3) is 0.611. The summed E-state index contributed by atoms with van der Waals surface area (Å²) in [6, 6.07) is 8.39. The lowest BCUT2D eigenvalue weighted by Gasteiger charge is -2.33. The Bertz CT molecular complexity index is 472. The smallest absolute Gasteiger partial charge is 0.251 e. The highest BCUT2D eigenvalue weighted by Gasteiger charge is 2.24. The van der Waals surface area contributed by atoms with Crippen molar-refractivity contribution < 1.29 is 4.79 Å². The number of anilines is 1. The van der Waals surface area contributed by atoms with Crippen molar-refractivity contribution in [2.24, 2.45) is 11.8 Å². The summed E-state index contributed by atoms with van der Waals surface area (Å²) in [7, 11) is 0. The summed E-state index contributed by atoms with van der Waals surface area (Å²) < 4.78 is 0. The molecule has 1 aromatic rings. The van der Waals surface area contributed by atoms with Crippen LogP contribution in [0.3, 0.4) is 0 Å². The Hall–Kier alpha value is -1.51. The average Bonchev–Trinajstić information content (AvgIpc) is 2.49. The van der Waals surface area contributed by atoms with Crippen LogP contribution in [-0.2, 0) is 0 Å². The van der Waals surface area contributed by atoms with Gasteiger partial charge in [0.05, 0.1) is 0 Å². The number of amides is 1. The first-order valence-electron chi connectivity index (χ1n) is 8.25. The van der Waals surface area contributed by atoms with Crippen molar-refractivity contribution in [3.63, 3.8) is 0 Å². The summed E-state index contributed by atoms with van der Waals surface area (Å²) in [5.41, 5.74) is 1.80. The molecular weight excluding hydrogens is 260 g/mol. The molecule has 2 rings (SSSR count). The van der Waals surface area contributed by atoms with Gasteiger partial charge in [0, 0.05) is 23.8 Å². The van der Waals surface area contributed by atoms with Crippen molar-refractivity contribution >= 4 is 11.6 Å². The lowest BCUT2D eigenvalue weighted by Crippen LogP contribution is -2.30. The Morgan fingerprint density at radius 1 is 1.24 bits per heavy atom. The number of carbonyl (C=O) groups excluding carboxylic acids is 1. The minimum absolute atomic E-state index is 0.0196. The van der Waals surface area contributed by atoms with Crippen LogP contribution < -0.4 is 10.6 Å². The normalized spacial score (nSPS) is 25.4. The standard InChI is InChI=1S/C18H28N2O/c1-4-10-19-18(21)15-6-5-7-16(12-15)20-17-9-8-13(2)14(3)11-17/h5-7,12-14,17,20H,4,8-11H2,1-3H3,(H,19,21). The molecule has 0 heterocycles. The molecule has 0 spiro atoms. The van der Waals surface area contributed by atoms with E-state index in [0.29, 0.717) is 6.04 Å². The largest absolute Gasteiger partial charge is 0.382 e. The number of hydrogen-bond acceptors (Lipinski definition) is 2. The molecule has 1 aromatic carbocycles. The van der Waals surface area contributed by atoms with Gasteiger partial charge in [-0.3, -0.25) is 4.79 Å². The molecular formula is C18H28N2O. The molecule has 0 radical (unpaired) electrons. The molecule has 1 amide bonds. The molecule has 116 valence electrons. The summed E-state index contributed by atoms with van der Waals surface area (Å²) >= 11 is 0. The number of nitrogens with one attached hydrogen (secondary N) is 2. The van der Waals surface area contributed by atoms with Crippen molar-refractivity contribution in [2.75, 3.05) is 11.9 Å². The minimum Gasteiger partial charge on any atom is -0.382 e. The number of hydrogen-bond donors (Lipinski definition) is 2. The predicted molar refractivity (Wildman–Crippen MR) is 88.7 cm³/mol. The molecule has 0 bridgehead atoms. The molecule has 21 heavy (non-hydrogen) atoms. The van der Waals surface area contributed by atoms with E-state index in [1.54, 1.807) is 0 Å². The lowest BCUT2D eigenvalue weighted by atomic mass is 9.79. The molecule has 1 saturated carbocycles. The van der Waals surface area contributed by atoms with Crippen LogP contribution in [0.25, 0.3) is 0 Å². The van der Waals surface area contributed by atoms with Gasteiger partial charge in [0.2, 0.25) is 0 Å². The lowest BCUT2D eigenvalue weighted by molar-refractivity contribution is 0.0953. The highest BCUT2D eigenvalue weighted by Crippen LogP contribution is 2.31. The van der Waals surface area contributed by atoms with Crippen LogP contribution in [0.5, 0.6) is 0 Å². The van der Waals surface area contributed by atoms with Gasteiger partial charge in [0.15, 0.2) is 0 Å². The Labute approximate surface area is 128 Å². The monoisotopic (exact) mass is 288 g/mol. The zero-order valence-corrected chi connectivity index (χ0v) is 13.5. The van der Waals surface area contributed by atoms with Crippen molar-refractivity contribution in [1.82, 2.24) is 5.32 Å². The minimum atomic E-state index is 0.0196. The quantitative estimate of drug-likeness (QED) is 0.857. The SMILES string of the molecule is CCCNC(=O)c1cccc(NC2CCC(C)C(C)C2)c1. The molecule has 0 saturated heterocycles. The maximum atomic E-state index is 12.0. The first kappa shape index (κ1) is 15.9. The summed E-state index contributed by atoms with van der Waals surface area (Å²) in [5.74, 6) is 1.62. The first-order chi connectivity index (χ1) is 10.1. The van der Waals surface area contributed by atoms with Crippen molar-refractivity contribution in [2.45, 2.75) is 52.5 Å². The fourth-order valence-corrected chi connectivity index (χ4v) is 3.01. The highest BCUT2D eigenvalue weighted by molar-refractivity contribution is 5.95. The van der Waals surface area contributed by atoms with Crippen LogP contribution in [0, 0.1) is 11.8 Å². The molecule has 3 nitrogen and oxygen atoms in total. The van der Waals surface area contributed by atoms with Crippen LogP contribution in [0.2, 0.25) is 0 Å². The molecule has 0 aromatic heterocycles. The molecule has 1 fully saturated rings. The van der Waals surface area contributed by atoms with E-state index < -0.39 is 0 Å². The third-order valence-electron chi connectivity index (χ3n) is 4.63. The van der Waals surface area contributed by atoms with Gasteiger partial charge in [0.1, 0.15) is 0 Å². The van der Waals surface area contributed by atoms with Gasteiger partial charge in [-0.05, 0) is 55.7 Å². The summed E-state index contributed by atoms with van der Waals surface area (Å²) in [6.45, 7) is 7.48. The van der Waals surface area contributed by atoms with Crippen molar-refractivity contribution in [3.05, 3.63) is 29.8 Å². The van der Waals surface area contributed by atoms with E-state index in [1.807, 2.05) is 18.2 Å². The Morgan fingerprint density at radius 3 is 2.76 bits per heavy atom. The average molecular weight is 288 g/mol. The molecule has 3 unspecified atom stereocenters. The maximum absolute atomic E-state index is 12.0. The van der Waals surface area contributed by atoms with E-state index in [1.165, 1.54) is 19.3 Å². The number of benzene rings is 1. The van der Waals surface area contributed by atoms with E-state index in [4.69, 9.17) is 0 Å². The molecule has 3 atom stereocenters. The molecule has 2 N–H and O–H groups in total. The van der Waals surface area contributed by atoms with Gasteiger partial charge in [-0.25, -0.2) is 0 Å². The van der Waals surface area contributed by atoms with Crippen LogP contribution in [0.15, 0.2) is 24.3 Å². The summed E-state index contributed by atoms with van der Waals surface area (Å²) in [5, 5.41) is 6.53. The van der Waals surface area contributed by atoms with Crippen molar-refractivity contribution in [3.8, 4) is 0 Å². The third-order valence-corrected chi connectivity index (χ3v) is 4.63. The van der Waals surface area contributed by atoms with Crippen molar-refractivity contribution in [1.29, 1.82) is 0 Å². The molecule has 0 aliphatic heterocycles. The van der Waals surface area contributed by atoms with Gasteiger partial charge in [-0.1, -0.05) is 26.8 Å². The summed E-state index contributed by atoms with van der Waals surface area (Å²) in [4.78, 5) is 12.0. The second kappa shape index (κ2) is 7.48. The molecule has 1 aliphatic rings. The fourth-order valence-electron chi connectivity index (χ4n) is 3.01. The molecule has 3 heteroatoms. The molecule has 1 aliphatic carbocycles. The highest BCUT2D eigenvalue weighted by atomic mass is 16.1. The van der Waals surface area contributed by atoms with Gasteiger partial charge < -0.3 is 10.6 Å². The van der Waals surface area contributed by atoms with Gasteiger partial charge in [0.25, 0.3) is 5.91 Å². The van der Waals surface area contributed by atoms with Gasteiger partial charge in [-0.15, -0.1) is 0 Å². The maximum Gasteiger partial charge on any atom is 0.251 e. The third kappa shape index (κ3) is 4.48. The van der Waals surface area contributed by atoms with E-state index in [2.05, 4.69) is 37.5 Å². The number of carbonyl (C=O) groups is 1. The topological polar surface area (TPSA) is 41.1 Å². The summed E-state index contributed by atoms with van der Waals surface area (Å²) in [6.07, 6.45) is 4.68. The van der Waals surface area contributed by atoms with E-state index in [0.717, 1.165) is 36.1 Å². The second-order valence-corrected chi connectivity index (χ2v) is 6.45. The van der Waals surface area contributed by atoms with Gasteiger partial charge in [-0.2, -0.15) is 0 Å². The van der Waals surface area contributed by atoms with E-state index >= 15 is 0 Å². The van der Waals surface area contributed by atoms with Crippen LogP contribution in [0.4, 0.5) is 5.69 Å². The first-order valence-corrected chi connectivity index (χ1v) is 8.25. The van der Waals surface area contributed by atoms with Gasteiger partial charge >= 0.3 is 0 Å². The Balaban J connectivity index is 1.96. The van der Waals surface area contributed by atoms with E-state index in [-0.39, 0.29) is 5.91 Å². The second-order valence-electron chi connectivity index (χ2n) is 6.45. The van der Waals surface area contributed by atoms with Crippen LogP contribution >= 0.6 is 0 Å². The zero-order chi connectivity index (χ0) is 15.2. The zero-order valence-electron chi connectivity index (χ0n) is 13.5. The Kier molecular flexibility index (Phi) is 5.66. The van der Waals surface area contributed by atoms with Crippen LogP contribution in [0.1, 0.15) is 56.8 Å². The van der Waals surface area contributed by atoms with E-state index in [9.17, 15) is 4.79 Å². The Morgan fingerprint density at radius 2 is 2.05 bits per heavy atom. The number of rotatable bonds is 5.